The number of hydrogen-bond donors (Lipinski definition) is 1. The molecular weight excluding hydrogens is 314 g/mol. The predicted molar refractivity (Wildman–Crippen MR) is 99.0 cm³/mol. The van der Waals surface area contributed by atoms with E-state index in [0.29, 0.717) is 5.75 Å². The molecule has 3 rings (SSSR count). The minimum atomic E-state index is -0.175. The monoisotopic (exact) mass is 335 g/mol. The number of carbonyl (C=O) groups excluding carboxylic acids is 1. The van der Waals surface area contributed by atoms with Crippen molar-refractivity contribution in [3.63, 3.8) is 0 Å². The van der Waals surface area contributed by atoms with E-state index in [1.165, 1.54) is 0 Å². The summed E-state index contributed by atoms with van der Waals surface area (Å²) in [4.78, 5) is 12.3. The SMILES string of the molecule is COc1ccccc1[C@@H](C)NC(=O)COc1cccc2ccccc12. The third kappa shape index (κ3) is 3.91. The summed E-state index contributed by atoms with van der Waals surface area (Å²) in [6.07, 6.45) is 0. The van der Waals surface area contributed by atoms with Crippen LogP contribution in [0.3, 0.4) is 0 Å². The Hall–Kier alpha value is -3.01. The van der Waals surface area contributed by atoms with Crippen molar-refractivity contribution in [2.75, 3.05) is 13.7 Å². The van der Waals surface area contributed by atoms with Gasteiger partial charge in [0.1, 0.15) is 11.5 Å². The molecule has 25 heavy (non-hydrogen) atoms. The Morgan fingerprint density at radius 1 is 0.960 bits per heavy atom. The highest BCUT2D eigenvalue weighted by Crippen LogP contribution is 2.26. The maximum absolute atomic E-state index is 12.3. The number of amides is 1. The molecular formula is C21H21NO3. The molecule has 0 aliphatic carbocycles. The number of para-hydroxylation sites is 1. The number of ether oxygens (including phenoxy) is 2. The number of hydrogen-bond acceptors (Lipinski definition) is 3. The minimum absolute atomic E-state index is 0.0342. The van der Waals surface area contributed by atoms with Crippen LogP contribution in [-0.2, 0) is 4.79 Å². The minimum Gasteiger partial charge on any atom is -0.496 e. The van der Waals surface area contributed by atoms with E-state index in [1.54, 1.807) is 7.11 Å². The Labute approximate surface area is 147 Å². The van der Waals surface area contributed by atoms with Crippen LogP contribution in [0.15, 0.2) is 66.7 Å². The molecule has 0 aromatic heterocycles. The van der Waals surface area contributed by atoms with Crippen LogP contribution >= 0.6 is 0 Å². The Morgan fingerprint density at radius 2 is 1.64 bits per heavy atom. The third-order valence-corrected chi connectivity index (χ3v) is 4.09. The lowest BCUT2D eigenvalue weighted by molar-refractivity contribution is -0.123. The van der Waals surface area contributed by atoms with Crippen molar-refractivity contribution in [3.8, 4) is 11.5 Å². The molecule has 128 valence electrons. The number of methoxy groups -OCH3 is 1. The zero-order valence-corrected chi connectivity index (χ0v) is 14.4. The first-order valence-corrected chi connectivity index (χ1v) is 8.22. The predicted octanol–water partition coefficient (Wildman–Crippen LogP) is 4.10. The van der Waals surface area contributed by atoms with Crippen molar-refractivity contribution in [1.82, 2.24) is 5.32 Å². The Morgan fingerprint density at radius 3 is 2.48 bits per heavy atom. The van der Waals surface area contributed by atoms with Gasteiger partial charge in [-0.3, -0.25) is 4.79 Å². The van der Waals surface area contributed by atoms with Crippen molar-refractivity contribution in [2.24, 2.45) is 0 Å². The van der Waals surface area contributed by atoms with Gasteiger partial charge in [0, 0.05) is 10.9 Å². The summed E-state index contributed by atoms with van der Waals surface area (Å²) in [5, 5.41) is 5.03. The average Bonchev–Trinajstić information content (AvgIpc) is 2.66. The van der Waals surface area contributed by atoms with E-state index >= 15 is 0 Å². The molecule has 0 radical (unpaired) electrons. The molecule has 0 aliphatic rings. The van der Waals surface area contributed by atoms with E-state index in [2.05, 4.69) is 5.32 Å². The lowest BCUT2D eigenvalue weighted by Gasteiger charge is -2.17. The van der Waals surface area contributed by atoms with Crippen molar-refractivity contribution in [2.45, 2.75) is 13.0 Å². The second-order valence-corrected chi connectivity index (χ2v) is 5.80. The van der Waals surface area contributed by atoms with Gasteiger partial charge in [0.25, 0.3) is 5.91 Å². The van der Waals surface area contributed by atoms with Crippen LogP contribution in [0.25, 0.3) is 10.8 Å². The standard InChI is InChI=1S/C21H21NO3/c1-15(17-10-5-6-12-19(17)24-2)22-21(23)14-25-20-13-7-9-16-8-3-4-11-18(16)20/h3-13,15H,14H2,1-2H3,(H,22,23)/t15-/m1/s1. The number of fused-ring (bicyclic) bond motifs is 1. The summed E-state index contributed by atoms with van der Waals surface area (Å²) < 4.78 is 11.1. The van der Waals surface area contributed by atoms with Gasteiger partial charge in [-0.1, -0.05) is 54.6 Å². The molecule has 0 saturated heterocycles. The molecule has 1 amide bonds. The van der Waals surface area contributed by atoms with Gasteiger partial charge in [0.05, 0.1) is 13.2 Å². The molecule has 0 aliphatic heterocycles. The normalized spacial score (nSPS) is 11.8. The van der Waals surface area contributed by atoms with Crippen LogP contribution in [0, 0.1) is 0 Å². The maximum Gasteiger partial charge on any atom is 0.258 e. The summed E-state index contributed by atoms with van der Waals surface area (Å²) in [6, 6.07) is 21.2. The zero-order valence-electron chi connectivity index (χ0n) is 14.4. The summed E-state index contributed by atoms with van der Waals surface area (Å²) in [5.74, 6) is 1.29. The molecule has 3 aromatic carbocycles. The average molecular weight is 335 g/mol. The maximum atomic E-state index is 12.3. The van der Waals surface area contributed by atoms with Crippen molar-refractivity contribution in [3.05, 3.63) is 72.3 Å². The first-order valence-electron chi connectivity index (χ1n) is 8.22. The molecule has 0 spiro atoms. The smallest absolute Gasteiger partial charge is 0.258 e. The topological polar surface area (TPSA) is 47.6 Å². The highest BCUT2D eigenvalue weighted by molar-refractivity contribution is 5.88. The van der Waals surface area contributed by atoms with E-state index in [0.717, 1.165) is 22.1 Å². The molecule has 1 N–H and O–H groups in total. The van der Waals surface area contributed by atoms with Gasteiger partial charge in [0.2, 0.25) is 0 Å². The lowest BCUT2D eigenvalue weighted by atomic mass is 10.1. The second-order valence-electron chi connectivity index (χ2n) is 5.80. The molecule has 4 heteroatoms. The quantitative estimate of drug-likeness (QED) is 0.737. The molecule has 0 heterocycles. The molecule has 4 nitrogen and oxygen atoms in total. The number of rotatable bonds is 6. The van der Waals surface area contributed by atoms with Crippen LogP contribution in [-0.4, -0.2) is 19.6 Å². The lowest BCUT2D eigenvalue weighted by Crippen LogP contribution is -2.31. The van der Waals surface area contributed by atoms with Gasteiger partial charge in [-0.05, 0) is 24.4 Å². The number of nitrogens with one attached hydrogen (secondary N) is 1. The third-order valence-electron chi connectivity index (χ3n) is 4.09. The second kappa shape index (κ2) is 7.71. The Kier molecular flexibility index (Phi) is 5.19. The fourth-order valence-corrected chi connectivity index (χ4v) is 2.85. The van der Waals surface area contributed by atoms with Crippen LogP contribution in [0.5, 0.6) is 11.5 Å². The number of benzene rings is 3. The van der Waals surface area contributed by atoms with E-state index in [1.807, 2.05) is 73.7 Å². The van der Waals surface area contributed by atoms with E-state index in [9.17, 15) is 4.79 Å². The van der Waals surface area contributed by atoms with Crippen molar-refractivity contribution >= 4 is 16.7 Å². The fourth-order valence-electron chi connectivity index (χ4n) is 2.85. The van der Waals surface area contributed by atoms with Crippen LogP contribution in [0.4, 0.5) is 0 Å². The molecule has 0 unspecified atom stereocenters. The first kappa shape index (κ1) is 16.8. The highest BCUT2D eigenvalue weighted by atomic mass is 16.5. The Balaban J connectivity index is 1.64. The highest BCUT2D eigenvalue weighted by Gasteiger charge is 2.14. The van der Waals surface area contributed by atoms with Gasteiger partial charge < -0.3 is 14.8 Å². The Bertz CT molecular complexity index is 870. The molecule has 0 fully saturated rings. The summed E-state index contributed by atoms with van der Waals surface area (Å²) in [5.41, 5.74) is 0.934. The zero-order chi connectivity index (χ0) is 17.6. The summed E-state index contributed by atoms with van der Waals surface area (Å²) in [6.45, 7) is 1.89. The molecule has 0 bridgehead atoms. The van der Waals surface area contributed by atoms with Gasteiger partial charge >= 0.3 is 0 Å². The fraction of sp³-hybridized carbons (Fsp3) is 0.190. The first-order chi connectivity index (χ1) is 12.2. The van der Waals surface area contributed by atoms with Crippen molar-refractivity contribution in [1.29, 1.82) is 0 Å². The summed E-state index contributed by atoms with van der Waals surface area (Å²) in [7, 11) is 1.62. The van der Waals surface area contributed by atoms with E-state index in [4.69, 9.17) is 9.47 Å². The molecule has 3 aromatic rings. The van der Waals surface area contributed by atoms with Crippen molar-refractivity contribution < 1.29 is 14.3 Å². The van der Waals surface area contributed by atoms with E-state index < -0.39 is 0 Å². The van der Waals surface area contributed by atoms with Gasteiger partial charge in [-0.2, -0.15) is 0 Å². The van der Waals surface area contributed by atoms with Crippen LogP contribution in [0.2, 0.25) is 0 Å². The van der Waals surface area contributed by atoms with Crippen LogP contribution in [0.1, 0.15) is 18.5 Å². The summed E-state index contributed by atoms with van der Waals surface area (Å²) >= 11 is 0. The van der Waals surface area contributed by atoms with Gasteiger partial charge in [-0.25, -0.2) is 0 Å². The van der Waals surface area contributed by atoms with Gasteiger partial charge in [-0.15, -0.1) is 0 Å². The number of carbonyl (C=O) groups is 1. The largest absolute Gasteiger partial charge is 0.496 e. The molecule has 1 atom stereocenters. The van der Waals surface area contributed by atoms with Crippen LogP contribution < -0.4 is 14.8 Å². The van der Waals surface area contributed by atoms with E-state index in [-0.39, 0.29) is 18.6 Å². The molecule has 0 saturated carbocycles. The van der Waals surface area contributed by atoms with Gasteiger partial charge in [0.15, 0.2) is 6.61 Å².